The Morgan fingerprint density at radius 2 is 2.00 bits per heavy atom. The lowest BCUT2D eigenvalue weighted by molar-refractivity contribution is -0.355. The number of ether oxygens (including phenoxy) is 2. The summed E-state index contributed by atoms with van der Waals surface area (Å²) < 4.78 is 19.6. The van der Waals surface area contributed by atoms with Gasteiger partial charge in [0.05, 0.1) is 30.0 Å². The number of nitrogens with zero attached hydrogens (tertiary/aromatic N) is 1. The second-order valence-electron chi connectivity index (χ2n) is 11.1. The lowest BCUT2D eigenvalue weighted by atomic mass is 9.75. The predicted octanol–water partition coefficient (Wildman–Crippen LogP) is 5.53. The van der Waals surface area contributed by atoms with E-state index in [1.54, 1.807) is 31.4 Å². The fourth-order valence-electron chi connectivity index (χ4n) is 6.27. The fraction of sp³-hybridized carbons (Fsp3) is 0.552. The van der Waals surface area contributed by atoms with Crippen molar-refractivity contribution in [2.75, 3.05) is 12.4 Å². The van der Waals surface area contributed by atoms with Crippen molar-refractivity contribution in [1.29, 1.82) is 0 Å². The van der Waals surface area contributed by atoms with Crippen LogP contribution in [-0.4, -0.2) is 51.9 Å². The lowest BCUT2D eigenvalue weighted by Crippen LogP contribution is -2.58. The van der Waals surface area contributed by atoms with Gasteiger partial charge in [-0.05, 0) is 48.9 Å². The number of ketones is 1. The molecule has 2 aromatic heterocycles. The summed E-state index contributed by atoms with van der Waals surface area (Å²) in [6, 6.07) is 7.05. The molecular weight excluding hydrogens is 486 g/mol. The first-order valence-corrected chi connectivity index (χ1v) is 13.5. The SMILES string of the molecule is CNc1ccc2oc(C[C@@H]3O[C@]4(CC[C@@H]3C)O[C@@H]([C@@H](C)C(=O)c3ccc[nH]3)[C@@H](C)C[C@@H]4C)nc2c1C(=O)O. The topological polar surface area (TPSA) is 127 Å². The average molecular weight is 524 g/mol. The van der Waals surface area contributed by atoms with Gasteiger partial charge < -0.3 is 29.3 Å². The molecule has 2 aliphatic rings. The van der Waals surface area contributed by atoms with Crippen LogP contribution in [0.25, 0.3) is 11.1 Å². The molecule has 3 aromatic rings. The number of aromatic nitrogens is 2. The van der Waals surface area contributed by atoms with Gasteiger partial charge in [-0.2, -0.15) is 0 Å². The van der Waals surface area contributed by atoms with E-state index in [1.165, 1.54) is 0 Å². The Hall–Kier alpha value is -3.17. The zero-order valence-corrected chi connectivity index (χ0v) is 22.6. The molecule has 7 atom stereocenters. The van der Waals surface area contributed by atoms with E-state index in [0.717, 1.165) is 19.3 Å². The van der Waals surface area contributed by atoms with Gasteiger partial charge in [-0.25, -0.2) is 9.78 Å². The van der Waals surface area contributed by atoms with Crippen LogP contribution in [0.15, 0.2) is 34.9 Å². The molecular formula is C29H37N3O6. The average Bonchev–Trinajstić information content (AvgIpc) is 3.57. The number of fused-ring (bicyclic) bond motifs is 1. The smallest absolute Gasteiger partial charge is 0.340 e. The third-order valence-corrected chi connectivity index (χ3v) is 8.54. The van der Waals surface area contributed by atoms with Crippen LogP contribution >= 0.6 is 0 Å². The highest BCUT2D eigenvalue weighted by atomic mass is 16.7. The van der Waals surface area contributed by atoms with Crippen molar-refractivity contribution in [3.05, 3.63) is 47.6 Å². The Bertz CT molecular complexity index is 1320. The van der Waals surface area contributed by atoms with Crippen LogP contribution in [0.1, 0.15) is 73.7 Å². The number of carboxylic acids is 1. The molecule has 2 aliphatic heterocycles. The van der Waals surface area contributed by atoms with Gasteiger partial charge in [0.1, 0.15) is 11.1 Å². The highest BCUT2D eigenvalue weighted by molar-refractivity contribution is 6.06. The number of carbonyl (C=O) groups is 2. The number of oxazole rings is 1. The second-order valence-corrected chi connectivity index (χ2v) is 11.1. The van der Waals surface area contributed by atoms with Crippen molar-refractivity contribution in [3.63, 3.8) is 0 Å². The van der Waals surface area contributed by atoms with Crippen molar-refractivity contribution in [2.45, 2.75) is 71.4 Å². The summed E-state index contributed by atoms with van der Waals surface area (Å²) in [5.74, 6) is -1.11. The molecule has 5 rings (SSSR count). The summed E-state index contributed by atoms with van der Waals surface area (Å²) >= 11 is 0. The highest BCUT2D eigenvalue weighted by Gasteiger charge is 2.52. The van der Waals surface area contributed by atoms with Crippen LogP contribution in [0.2, 0.25) is 0 Å². The zero-order chi connectivity index (χ0) is 27.2. The van der Waals surface area contributed by atoms with E-state index in [4.69, 9.17) is 13.9 Å². The minimum atomic E-state index is -1.06. The van der Waals surface area contributed by atoms with Crippen molar-refractivity contribution >= 4 is 28.5 Å². The van der Waals surface area contributed by atoms with Crippen LogP contribution in [-0.2, 0) is 15.9 Å². The summed E-state index contributed by atoms with van der Waals surface area (Å²) in [5.41, 5.74) is 1.93. The first-order valence-electron chi connectivity index (χ1n) is 13.5. The third kappa shape index (κ3) is 4.62. The minimum absolute atomic E-state index is 0.0407. The molecule has 0 saturated carbocycles. The maximum absolute atomic E-state index is 13.1. The first kappa shape index (κ1) is 26.4. The van der Waals surface area contributed by atoms with Crippen LogP contribution in [0.4, 0.5) is 5.69 Å². The van der Waals surface area contributed by atoms with Gasteiger partial charge in [0.25, 0.3) is 0 Å². The molecule has 0 amide bonds. The molecule has 0 aliphatic carbocycles. The molecule has 2 fully saturated rings. The van der Waals surface area contributed by atoms with Crippen LogP contribution in [0.3, 0.4) is 0 Å². The quantitative estimate of drug-likeness (QED) is 0.345. The van der Waals surface area contributed by atoms with Crippen molar-refractivity contribution < 1.29 is 28.6 Å². The number of Topliss-reactive ketones (excluding diaryl/α,β-unsaturated/α-hetero) is 1. The molecule has 1 spiro atoms. The summed E-state index contributed by atoms with van der Waals surface area (Å²) in [6.07, 6.45) is 4.22. The number of H-pyrrole nitrogens is 1. The molecule has 9 nitrogen and oxygen atoms in total. The molecule has 4 heterocycles. The van der Waals surface area contributed by atoms with Crippen LogP contribution in [0, 0.1) is 23.7 Å². The molecule has 0 unspecified atom stereocenters. The van der Waals surface area contributed by atoms with Crippen LogP contribution in [0.5, 0.6) is 0 Å². The normalized spacial score (nSPS) is 30.4. The maximum Gasteiger partial charge on any atom is 0.340 e. The van der Waals surface area contributed by atoms with Gasteiger partial charge in [0.2, 0.25) is 0 Å². The minimum Gasteiger partial charge on any atom is -0.478 e. The summed E-state index contributed by atoms with van der Waals surface area (Å²) in [7, 11) is 1.68. The summed E-state index contributed by atoms with van der Waals surface area (Å²) in [5, 5.41) is 12.7. The third-order valence-electron chi connectivity index (χ3n) is 8.54. The van der Waals surface area contributed by atoms with E-state index >= 15 is 0 Å². The Kier molecular flexibility index (Phi) is 7.09. The highest BCUT2D eigenvalue weighted by Crippen LogP contribution is 2.48. The number of benzene rings is 1. The van der Waals surface area contributed by atoms with Gasteiger partial charge >= 0.3 is 5.97 Å². The van der Waals surface area contributed by atoms with Crippen molar-refractivity contribution in [1.82, 2.24) is 9.97 Å². The van der Waals surface area contributed by atoms with E-state index in [0.29, 0.717) is 34.8 Å². The van der Waals surface area contributed by atoms with E-state index in [1.807, 2.05) is 13.0 Å². The van der Waals surface area contributed by atoms with Gasteiger partial charge in [0, 0.05) is 31.5 Å². The van der Waals surface area contributed by atoms with Gasteiger partial charge in [-0.1, -0.05) is 27.7 Å². The number of rotatable bonds is 7. The standard InChI is InChI=1S/C29H37N3O6/c1-15-10-11-29(17(3)13-16(2)27(38-29)18(4)26(33)20-7-6-12-31-20)37-22(15)14-23-32-25-21(36-23)9-8-19(30-5)24(25)28(34)35/h6-9,12,15-18,22,27,30-31H,10-11,13-14H2,1-5H3,(H,34,35)/t15-,16-,17-,18-,22-,27+,29+/m0/s1. The Morgan fingerprint density at radius 3 is 2.68 bits per heavy atom. The number of carboxylic acid groups (broad SMARTS) is 1. The Labute approximate surface area is 222 Å². The number of nitrogens with one attached hydrogen (secondary N) is 2. The molecule has 1 aromatic carbocycles. The van der Waals surface area contributed by atoms with Crippen molar-refractivity contribution in [3.8, 4) is 0 Å². The molecule has 3 N–H and O–H groups in total. The number of aromatic carboxylic acids is 1. The lowest BCUT2D eigenvalue weighted by Gasteiger charge is -2.53. The van der Waals surface area contributed by atoms with Crippen molar-refractivity contribution in [2.24, 2.45) is 23.7 Å². The molecule has 38 heavy (non-hydrogen) atoms. The van der Waals surface area contributed by atoms with Gasteiger partial charge in [-0.3, -0.25) is 4.79 Å². The number of anilines is 1. The molecule has 204 valence electrons. The largest absolute Gasteiger partial charge is 0.478 e. The van der Waals surface area contributed by atoms with Gasteiger partial charge in [0.15, 0.2) is 23.0 Å². The fourth-order valence-corrected chi connectivity index (χ4v) is 6.27. The predicted molar refractivity (Wildman–Crippen MR) is 142 cm³/mol. The van der Waals surface area contributed by atoms with Gasteiger partial charge in [-0.15, -0.1) is 0 Å². The number of hydrogen-bond acceptors (Lipinski definition) is 7. The monoisotopic (exact) mass is 523 g/mol. The van der Waals surface area contributed by atoms with E-state index in [2.05, 4.69) is 36.1 Å². The zero-order valence-electron chi connectivity index (χ0n) is 22.6. The summed E-state index contributed by atoms with van der Waals surface area (Å²) in [4.78, 5) is 32.7. The summed E-state index contributed by atoms with van der Waals surface area (Å²) in [6.45, 7) is 8.39. The Morgan fingerprint density at radius 1 is 1.21 bits per heavy atom. The molecule has 0 bridgehead atoms. The molecule has 9 heteroatoms. The van der Waals surface area contributed by atoms with E-state index in [9.17, 15) is 14.7 Å². The van der Waals surface area contributed by atoms with Crippen LogP contribution < -0.4 is 5.32 Å². The number of carbonyl (C=O) groups excluding carboxylic acids is 1. The first-order chi connectivity index (χ1) is 18.1. The number of aromatic amines is 1. The molecule has 2 saturated heterocycles. The number of hydrogen-bond donors (Lipinski definition) is 3. The maximum atomic E-state index is 13.1. The second kappa shape index (κ2) is 10.2. The molecule has 0 radical (unpaired) electrons. The van der Waals surface area contributed by atoms with E-state index in [-0.39, 0.29) is 47.2 Å². The Balaban J connectivity index is 1.39. The van der Waals surface area contributed by atoms with E-state index < -0.39 is 11.8 Å².